The Bertz CT molecular complexity index is 176. The summed E-state index contributed by atoms with van der Waals surface area (Å²) in [6.45, 7) is 5.29. The molecule has 3 unspecified atom stereocenters. The lowest BCUT2D eigenvalue weighted by atomic mass is 9.96. The van der Waals surface area contributed by atoms with Gasteiger partial charge in [0.25, 0.3) is 0 Å². The molecule has 0 aliphatic carbocycles. The topological polar surface area (TPSA) is 58.7 Å². The van der Waals surface area contributed by atoms with Gasteiger partial charge in [0.1, 0.15) is 0 Å². The lowest BCUT2D eigenvalue weighted by molar-refractivity contribution is 0.0280. The van der Waals surface area contributed by atoms with Crippen LogP contribution in [0, 0.1) is 5.92 Å². The molecule has 1 aliphatic heterocycles. The van der Waals surface area contributed by atoms with Crippen molar-refractivity contribution in [3.8, 4) is 0 Å². The summed E-state index contributed by atoms with van der Waals surface area (Å²) in [5.74, 6) is 0.442. The van der Waals surface area contributed by atoms with Crippen LogP contribution < -0.4 is 5.73 Å². The molecule has 0 aromatic carbocycles. The minimum Gasteiger partial charge on any atom is -0.393 e. The number of nitrogens with two attached hydrogens (primary N) is 1. The summed E-state index contributed by atoms with van der Waals surface area (Å²) < 4.78 is 5.42. The Hall–Kier alpha value is -0.160. The Kier molecular flexibility index (Phi) is 5.53. The van der Waals surface area contributed by atoms with Crippen molar-refractivity contribution in [2.45, 2.75) is 31.9 Å². The van der Waals surface area contributed by atoms with E-state index in [1.165, 1.54) is 0 Å². The third kappa shape index (κ3) is 4.93. The van der Waals surface area contributed by atoms with E-state index >= 15 is 0 Å². The van der Waals surface area contributed by atoms with Gasteiger partial charge in [-0.05, 0) is 26.8 Å². The first-order valence-electron chi connectivity index (χ1n) is 5.79. The van der Waals surface area contributed by atoms with Crippen LogP contribution in [0.5, 0.6) is 0 Å². The fourth-order valence-electron chi connectivity index (χ4n) is 1.90. The van der Waals surface area contributed by atoms with Crippen LogP contribution in [0.2, 0.25) is 0 Å². The van der Waals surface area contributed by atoms with Crippen molar-refractivity contribution in [1.29, 1.82) is 0 Å². The molecule has 0 radical (unpaired) electrons. The largest absolute Gasteiger partial charge is 0.393 e. The molecular formula is C11H24N2O2. The molecule has 3 atom stereocenters. The van der Waals surface area contributed by atoms with Crippen LogP contribution in [-0.2, 0) is 4.74 Å². The standard InChI is InChI=1S/C11H24N2O2/c1-9(14)3-5-13(2)7-10-8-15-6-4-11(10)12/h9-11,14H,3-8,12H2,1-2H3. The molecule has 0 bridgehead atoms. The van der Waals surface area contributed by atoms with Gasteiger partial charge >= 0.3 is 0 Å². The highest BCUT2D eigenvalue weighted by Gasteiger charge is 2.23. The van der Waals surface area contributed by atoms with Gasteiger partial charge in [-0.3, -0.25) is 0 Å². The molecule has 90 valence electrons. The molecule has 1 heterocycles. The molecule has 3 N–H and O–H groups in total. The third-order valence-corrected chi connectivity index (χ3v) is 3.01. The average Bonchev–Trinajstić information content (AvgIpc) is 2.18. The lowest BCUT2D eigenvalue weighted by Gasteiger charge is -2.32. The molecule has 4 nitrogen and oxygen atoms in total. The molecule has 0 spiro atoms. The lowest BCUT2D eigenvalue weighted by Crippen LogP contribution is -2.44. The first-order valence-corrected chi connectivity index (χ1v) is 5.79. The SMILES string of the molecule is CC(O)CCN(C)CC1COCCC1N. The maximum atomic E-state index is 9.18. The van der Waals surface area contributed by atoms with E-state index < -0.39 is 0 Å². The fourth-order valence-corrected chi connectivity index (χ4v) is 1.90. The first kappa shape index (κ1) is 12.9. The molecule has 15 heavy (non-hydrogen) atoms. The molecule has 1 saturated heterocycles. The predicted molar refractivity (Wildman–Crippen MR) is 60.7 cm³/mol. The van der Waals surface area contributed by atoms with Crippen LogP contribution in [0.25, 0.3) is 0 Å². The molecular weight excluding hydrogens is 192 g/mol. The van der Waals surface area contributed by atoms with E-state index in [1.54, 1.807) is 0 Å². The monoisotopic (exact) mass is 216 g/mol. The fraction of sp³-hybridized carbons (Fsp3) is 1.00. The molecule has 0 amide bonds. The Morgan fingerprint density at radius 2 is 2.33 bits per heavy atom. The Labute approximate surface area is 92.4 Å². The van der Waals surface area contributed by atoms with E-state index in [4.69, 9.17) is 10.5 Å². The molecule has 0 aromatic heterocycles. The van der Waals surface area contributed by atoms with Crippen molar-refractivity contribution < 1.29 is 9.84 Å². The highest BCUT2D eigenvalue weighted by molar-refractivity contribution is 4.78. The number of rotatable bonds is 5. The van der Waals surface area contributed by atoms with E-state index in [1.807, 2.05) is 6.92 Å². The molecule has 1 fully saturated rings. The number of ether oxygens (including phenoxy) is 1. The molecule has 1 aliphatic rings. The summed E-state index contributed by atoms with van der Waals surface area (Å²) in [4.78, 5) is 2.23. The third-order valence-electron chi connectivity index (χ3n) is 3.01. The molecule has 0 aromatic rings. The second-order valence-electron chi connectivity index (χ2n) is 4.69. The summed E-state index contributed by atoms with van der Waals surface area (Å²) in [5, 5.41) is 9.18. The Morgan fingerprint density at radius 3 is 2.93 bits per heavy atom. The van der Waals surface area contributed by atoms with Crippen molar-refractivity contribution in [1.82, 2.24) is 4.90 Å². The van der Waals surface area contributed by atoms with E-state index in [0.29, 0.717) is 5.92 Å². The number of hydrogen-bond donors (Lipinski definition) is 2. The van der Waals surface area contributed by atoms with Crippen molar-refractivity contribution in [2.24, 2.45) is 11.7 Å². The summed E-state index contributed by atoms with van der Waals surface area (Å²) >= 11 is 0. The molecule has 1 rings (SSSR count). The predicted octanol–water partition coefficient (Wildman–Crippen LogP) is 0.0529. The van der Waals surface area contributed by atoms with Crippen molar-refractivity contribution >= 4 is 0 Å². The smallest absolute Gasteiger partial charge is 0.0524 e. The number of hydrogen-bond acceptors (Lipinski definition) is 4. The second kappa shape index (κ2) is 6.43. The molecule has 4 heteroatoms. The van der Waals surface area contributed by atoms with Crippen LogP contribution >= 0.6 is 0 Å². The quantitative estimate of drug-likeness (QED) is 0.682. The number of nitrogens with zero attached hydrogens (tertiary/aromatic N) is 1. The van der Waals surface area contributed by atoms with Crippen LogP contribution in [0.15, 0.2) is 0 Å². The maximum Gasteiger partial charge on any atom is 0.0524 e. The van der Waals surface area contributed by atoms with Crippen LogP contribution in [0.3, 0.4) is 0 Å². The molecule has 0 saturated carbocycles. The zero-order valence-corrected chi connectivity index (χ0v) is 9.85. The van der Waals surface area contributed by atoms with Crippen LogP contribution in [0.1, 0.15) is 19.8 Å². The van der Waals surface area contributed by atoms with Gasteiger partial charge in [-0.1, -0.05) is 0 Å². The second-order valence-corrected chi connectivity index (χ2v) is 4.69. The van der Waals surface area contributed by atoms with Crippen molar-refractivity contribution in [3.63, 3.8) is 0 Å². The van der Waals surface area contributed by atoms with Gasteiger partial charge in [-0.2, -0.15) is 0 Å². The van der Waals surface area contributed by atoms with E-state index in [9.17, 15) is 5.11 Å². The van der Waals surface area contributed by atoms with E-state index in [0.717, 1.165) is 39.1 Å². The number of aliphatic hydroxyl groups excluding tert-OH is 1. The summed E-state index contributed by atoms with van der Waals surface area (Å²) in [6, 6.07) is 0.271. The minimum absolute atomic E-state index is 0.219. The first-order chi connectivity index (χ1) is 7.09. The summed E-state index contributed by atoms with van der Waals surface area (Å²) in [5.41, 5.74) is 6.03. The van der Waals surface area contributed by atoms with Gasteiger partial charge in [-0.25, -0.2) is 0 Å². The zero-order chi connectivity index (χ0) is 11.3. The van der Waals surface area contributed by atoms with Gasteiger partial charge in [0.15, 0.2) is 0 Å². The number of aliphatic hydroxyl groups is 1. The summed E-state index contributed by atoms with van der Waals surface area (Å²) in [6.07, 6.45) is 1.57. The minimum atomic E-state index is -0.219. The average molecular weight is 216 g/mol. The zero-order valence-electron chi connectivity index (χ0n) is 9.85. The Morgan fingerprint density at radius 1 is 1.60 bits per heavy atom. The van der Waals surface area contributed by atoms with Crippen LogP contribution in [0.4, 0.5) is 0 Å². The van der Waals surface area contributed by atoms with Gasteiger partial charge in [-0.15, -0.1) is 0 Å². The van der Waals surface area contributed by atoms with Gasteiger partial charge in [0, 0.05) is 31.7 Å². The van der Waals surface area contributed by atoms with Gasteiger partial charge < -0.3 is 20.5 Å². The summed E-state index contributed by atoms with van der Waals surface area (Å²) in [7, 11) is 2.07. The highest BCUT2D eigenvalue weighted by Crippen LogP contribution is 2.13. The van der Waals surface area contributed by atoms with Gasteiger partial charge in [0.05, 0.1) is 12.7 Å². The van der Waals surface area contributed by atoms with E-state index in [2.05, 4.69) is 11.9 Å². The normalized spacial score (nSPS) is 29.4. The maximum absolute atomic E-state index is 9.18. The van der Waals surface area contributed by atoms with Gasteiger partial charge in [0.2, 0.25) is 0 Å². The highest BCUT2D eigenvalue weighted by atomic mass is 16.5. The van der Waals surface area contributed by atoms with Crippen molar-refractivity contribution in [2.75, 3.05) is 33.4 Å². The van der Waals surface area contributed by atoms with E-state index in [-0.39, 0.29) is 12.1 Å². The van der Waals surface area contributed by atoms with Crippen molar-refractivity contribution in [3.05, 3.63) is 0 Å². The van der Waals surface area contributed by atoms with Crippen LogP contribution in [-0.4, -0.2) is 55.5 Å². The Balaban J connectivity index is 2.20.